The lowest BCUT2D eigenvalue weighted by Gasteiger charge is -2.30. The molecular formula is C31H39F3N4O3. The fourth-order valence-electron chi connectivity index (χ4n) is 4.26. The van der Waals surface area contributed by atoms with Crippen molar-refractivity contribution >= 4 is 22.9 Å². The number of hydrogen-bond donors (Lipinski definition) is 2. The minimum Gasteiger partial charge on any atom is -0.473 e. The number of allylic oxidation sites excluding steroid dienone is 3. The first-order valence-electron chi connectivity index (χ1n) is 13.4. The van der Waals surface area contributed by atoms with Gasteiger partial charge >= 0.3 is 6.18 Å². The van der Waals surface area contributed by atoms with Gasteiger partial charge in [-0.3, -0.25) is 4.79 Å². The normalized spacial score (nSPS) is 14.6. The Morgan fingerprint density at radius 3 is 2.32 bits per heavy atom. The van der Waals surface area contributed by atoms with Gasteiger partial charge in [-0.1, -0.05) is 18.2 Å². The van der Waals surface area contributed by atoms with E-state index in [2.05, 4.69) is 21.8 Å². The molecule has 1 aromatic heterocycles. The van der Waals surface area contributed by atoms with Gasteiger partial charge in [0.25, 0.3) is 5.91 Å². The second-order valence-corrected chi connectivity index (χ2v) is 11.0. The number of rotatable bonds is 9. The molecule has 222 valence electrons. The van der Waals surface area contributed by atoms with E-state index in [1.807, 2.05) is 33.8 Å². The summed E-state index contributed by atoms with van der Waals surface area (Å²) in [6.45, 7) is 17.2. The van der Waals surface area contributed by atoms with E-state index in [1.165, 1.54) is 12.1 Å². The first kappa shape index (κ1) is 31.9. The average molecular weight is 573 g/mol. The summed E-state index contributed by atoms with van der Waals surface area (Å²) in [5.41, 5.74) is 7.71. The predicted molar refractivity (Wildman–Crippen MR) is 157 cm³/mol. The van der Waals surface area contributed by atoms with Gasteiger partial charge in [0.2, 0.25) is 5.88 Å². The Morgan fingerprint density at radius 2 is 1.78 bits per heavy atom. The molecule has 1 amide bonds. The van der Waals surface area contributed by atoms with E-state index in [0.29, 0.717) is 32.2 Å². The average Bonchev–Trinajstić information content (AvgIpc) is 2.88. The van der Waals surface area contributed by atoms with Crippen LogP contribution in [0.3, 0.4) is 0 Å². The number of carbonyl (C=O) groups is 1. The molecule has 0 saturated carbocycles. The number of anilines is 2. The van der Waals surface area contributed by atoms with Crippen LogP contribution in [0.4, 0.5) is 24.5 Å². The molecule has 0 radical (unpaired) electrons. The highest BCUT2D eigenvalue weighted by atomic mass is 19.4. The second-order valence-electron chi connectivity index (χ2n) is 11.0. The Kier molecular flexibility index (Phi) is 10.0. The molecule has 1 aliphatic heterocycles. The third-order valence-corrected chi connectivity index (χ3v) is 6.43. The Balaban J connectivity index is 2.01. The summed E-state index contributed by atoms with van der Waals surface area (Å²) in [6, 6.07) is 5.30. The van der Waals surface area contributed by atoms with Crippen molar-refractivity contribution in [3.63, 3.8) is 0 Å². The smallest absolute Gasteiger partial charge is 0.416 e. The summed E-state index contributed by atoms with van der Waals surface area (Å²) in [5.74, 6) is -0.104. The molecule has 7 nitrogen and oxygen atoms in total. The molecule has 1 aliphatic rings. The van der Waals surface area contributed by atoms with Crippen molar-refractivity contribution in [2.45, 2.75) is 59.4 Å². The maximum absolute atomic E-state index is 13.6. The zero-order chi connectivity index (χ0) is 30.5. The van der Waals surface area contributed by atoms with Crippen LogP contribution in [0, 0.1) is 0 Å². The molecule has 2 aromatic rings. The SMILES string of the molecule is C=CC(=CC(=C(C)C)c1cnc(OC(C)C)c(N2CCOCC2)c1)C(=O)Nc1cc(C(C)(C)N)cc(C(F)(F)F)c1. The Labute approximate surface area is 239 Å². The maximum Gasteiger partial charge on any atom is 0.416 e. The van der Waals surface area contributed by atoms with Gasteiger partial charge in [0.05, 0.1) is 24.9 Å². The summed E-state index contributed by atoms with van der Waals surface area (Å²) in [6.07, 6.45) is 0.0211. The summed E-state index contributed by atoms with van der Waals surface area (Å²) in [4.78, 5) is 20.0. The summed E-state index contributed by atoms with van der Waals surface area (Å²) in [5, 5.41) is 2.59. The number of morpholine rings is 1. The maximum atomic E-state index is 13.6. The zero-order valence-corrected chi connectivity index (χ0v) is 24.5. The number of benzene rings is 1. The number of halogens is 3. The van der Waals surface area contributed by atoms with Crippen molar-refractivity contribution in [1.82, 2.24) is 4.98 Å². The van der Waals surface area contributed by atoms with Crippen molar-refractivity contribution in [2.75, 3.05) is 36.5 Å². The number of carbonyl (C=O) groups excluding carboxylic acids is 1. The molecule has 0 aliphatic carbocycles. The van der Waals surface area contributed by atoms with Gasteiger partial charge in [-0.05, 0) is 83.0 Å². The summed E-state index contributed by atoms with van der Waals surface area (Å²) >= 11 is 0. The van der Waals surface area contributed by atoms with Crippen molar-refractivity contribution in [3.05, 3.63) is 77.0 Å². The molecule has 0 spiro atoms. The Hall–Kier alpha value is -3.63. The molecule has 2 heterocycles. The van der Waals surface area contributed by atoms with E-state index in [4.69, 9.17) is 15.2 Å². The Morgan fingerprint density at radius 1 is 1.15 bits per heavy atom. The molecular weight excluding hydrogens is 533 g/mol. The third kappa shape index (κ3) is 8.43. The molecule has 1 aromatic carbocycles. The van der Waals surface area contributed by atoms with Gasteiger partial charge in [-0.25, -0.2) is 4.98 Å². The van der Waals surface area contributed by atoms with E-state index in [9.17, 15) is 18.0 Å². The molecule has 3 rings (SSSR count). The highest BCUT2D eigenvalue weighted by Gasteiger charge is 2.32. The lowest BCUT2D eigenvalue weighted by Crippen LogP contribution is -2.36. The monoisotopic (exact) mass is 572 g/mol. The number of aromatic nitrogens is 1. The van der Waals surface area contributed by atoms with Crippen LogP contribution in [0.2, 0.25) is 0 Å². The van der Waals surface area contributed by atoms with Gasteiger partial charge in [0, 0.05) is 41.6 Å². The van der Waals surface area contributed by atoms with Crippen LogP contribution in [0.15, 0.2) is 60.3 Å². The van der Waals surface area contributed by atoms with E-state index in [0.717, 1.165) is 34.5 Å². The number of hydrogen-bond acceptors (Lipinski definition) is 6. The first-order valence-corrected chi connectivity index (χ1v) is 13.4. The van der Waals surface area contributed by atoms with Gasteiger partial charge in [-0.15, -0.1) is 0 Å². The third-order valence-electron chi connectivity index (χ3n) is 6.43. The van der Waals surface area contributed by atoms with Crippen LogP contribution in [-0.2, 0) is 21.2 Å². The van der Waals surface area contributed by atoms with Crippen LogP contribution in [0.1, 0.15) is 58.2 Å². The van der Waals surface area contributed by atoms with Crippen LogP contribution in [0.5, 0.6) is 5.88 Å². The number of pyridine rings is 1. The highest BCUT2D eigenvalue weighted by Crippen LogP contribution is 2.35. The molecule has 0 unspecified atom stereocenters. The molecule has 1 saturated heterocycles. The molecule has 1 fully saturated rings. The highest BCUT2D eigenvalue weighted by molar-refractivity contribution is 6.07. The van der Waals surface area contributed by atoms with Crippen molar-refractivity contribution < 1.29 is 27.4 Å². The van der Waals surface area contributed by atoms with E-state index in [1.54, 1.807) is 26.1 Å². The fraction of sp³-hybridized carbons (Fsp3) is 0.419. The topological polar surface area (TPSA) is 89.7 Å². The van der Waals surface area contributed by atoms with Gasteiger partial charge in [0.1, 0.15) is 5.69 Å². The van der Waals surface area contributed by atoms with E-state index >= 15 is 0 Å². The standard InChI is InChI=1S/C31H39F3N4O3/c1-8-21(28(39)37-25-16-23(30(6,7)35)15-24(17-25)31(32,33)34)13-26(19(2)3)22-14-27(38-9-11-40-12-10-38)29(36-18-22)41-20(4)5/h8,13-18,20H,1,9-12,35H2,2-7H3,(H,37,39). The predicted octanol–water partition coefficient (Wildman–Crippen LogP) is 6.46. The van der Waals surface area contributed by atoms with Crippen LogP contribution in [0.25, 0.3) is 5.57 Å². The number of nitrogens with two attached hydrogens (primary N) is 1. The molecule has 3 N–H and O–H groups in total. The second kappa shape index (κ2) is 12.9. The largest absolute Gasteiger partial charge is 0.473 e. The van der Waals surface area contributed by atoms with Gasteiger partial charge in [-0.2, -0.15) is 13.2 Å². The first-order chi connectivity index (χ1) is 19.1. The number of nitrogens with zero attached hydrogens (tertiary/aromatic N) is 2. The minimum atomic E-state index is -4.61. The number of ether oxygens (including phenoxy) is 2. The minimum absolute atomic E-state index is 0.0173. The summed E-state index contributed by atoms with van der Waals surface area (Å²) in [7, 11) is 0. The molecule has 41 heavy (non-hydrogen) atoms. The fourth-order valence-corrected chi connectivity index (χ4v) is 4.26. The van der Waals surface area contributed by atoms with Crippen LogP contribution in [-0.4, -0.2) is 43.3 Å². The van der Waals surface area contributed by atoms with Crippen molar-refractivity contribution in [2.24, 2.45) is 5.73 Å². The lowest BCUT2D eigenvalue weighted by atomic mass is 9.93. The van der Waals surface area contributed by atoms with E-state index < -0.39 is 23.2 Å². The van der Waals surface area contributed by atoms with Crippen molar-refractivity contribution in [1.29, 1.82) is 0 Å². The number of amides is 1. The van der Waals surface area contributed by atoms with Gasteiger partial charge in [0.15, 0.2) is 0 Å². The molecule has 0 atom stereocenters. The van der Waals surface area contributed by atoms with E-state index in [-0.39, 0.29) is 22.9 Å². The van der Waals surface area contributed by atoms with Crippen molar-refractivity contribution in [3.8, 4) is 5.88 Å². The van der Waals surface area contributed by atoms with Crippen LogP contribution >= 0.6 is 0 Å². The molecule has 10 heteroatoms. The number of alkyl halides is 3. The lowest BCUT2D eigenvalue weighted by molar-refractivity contribution is -0.137. The quantitative estimate of drug-likeness (QED) is 0.265. The summed E-state index contributed by atoms with van der Waals surface area (Å²) < 4.78 is 52.3. The number of nitrogens with one attached hydrogen (secondary N) is 1. The Bertz CT molecular complexity index is 1300. The van der Waals surface area contributed by atoms with Crippen LogP contribution < -0.4 is 20.7 Å². The van der Waals surface area contributed by atoms with Gasteiger partial charge < -0.3 is 25.4 Å². The molecule has 0 bridgehead atoms. The zero-order valence-electron chi connectivity index (χ0n) is 24.5.